The first-order chi connectivity index (χ1) is 9.63. The van der Waals surface area contributed by atoms with Gasteiger partial charge in [-0.2, -0.15) is 0 Å². The van der Waals surface area contributed by atoms with Gasteiger partial charge in [-0.05, 0) is 42.8 Å². The number of ether oxygens (including phenoxy) is 1. The molecule has 1 unspecified atom stereocenters. The first-order valence-electron chi connectivity index (χ1n) is 7.48. The molecule has 1 N–H and O–H groups in total. The summed E-state index contributed by atoms with van der Waals surface area (Å²) in [6.45, 7) is 7.99. The predicted molar refractivity (Wildman–Crippen MR) is 82.8 cm³/mol. The third-order valence-corrected chi connectivity index (χ3v) is 4.17. The lowest BCUT2D eigenvalue weighted by molar-refractivity contribution is 0.143. The van der Waals surface area contributed by atoms with E-state index in [-0.39, 0.29) is 6.10 Å². The molecular formula is C16H24ClNO2. The van der Waals surface area contributed by atoms with Gasteiger partial charge in [0.1, 0.15) is 5.75 Å². The van der Waals surface area contributed by atoms with Gasteiger partial charge in [-0.3, -0.25) is 0 Å². The van der Waals surface area contributed by atoms with Crippen molar-refractivity contribution in [2.45, 2.75) is 39.2 Å². The van der Waals surface area contributed by atoms with Crippen LogP contribution in [0.3, 0.4) is 0 Å². The normalized spacial score (nSPS) is 15.2. The molecule has 112 valence electrons. The van der Waals surface area contributed by atoms with Crippen molar-refractivity contribution in [3.05, 3.63) is 28.3 Å². The molecule has 0 fully saturated rings. The van der Waals surface area contributed by atoms with Gasteiger partial charge in [-0.25, -0.2) is 0 Å². The topological polar surface area (TPSA) is 32.7 Å². The zero-order valence-electron chi connectivity index (χ0n) is 12.4. The van der Waals surface area contributed by atoms with Gasteiger partial charge < -0.3 is 14.7 Å². The van der Waals surface area contributed by atoms with Gasteiger partial charge in [0.25, 0.3) is 0 Å². The highest BCUT2D eigenvalue weighted by Crippen LogP contribution is 2.33. The summed E-state index contributed by atoms with van der Waals surface area (Å²) in [4.78, 5) is 2.32. The van der Waals surface area contributed by atoms with E-state index in [1.165, 1.54) is 5.56 Å². The summed E-state index contributed by atoms with van der Waals surface area (Å²) in [6, 6.07) is 3.89. The van der Waals surface area contributed by atoms with Gasteiger partial charge in [0.2, 0.25) is 0 Å². The first kappa shape index (κ1) is 15.6. The van der Waals surface area contributed by atoms with Crippen LogP contribution in [0.15, 0.2) is 12.1 Å². The number of hydrogen-bond donors (Lipinski definition) is 1. The fourth-order valence-electron chi connectivity index (χ4n) is 2.72. The summed E-state index contributed by atoms with van der Waals surface area (Å²) in [6.07, 6.45) is 1.97. The van der Waals surface area contributed by atoms with E-state index in [0.717, 1.165) is 55.4 Å². The molecule has 1 aromatic carbocycles. The Hall–Kier alpha value is -0.770. The minimum absolute atomic E-state index is 0.345. The SMILES string of the molecule is CCN(CC)CCC(O)Cc1cc(Cl)cc2c1OCC2. The predicted octanol–water partition coefficient (Wildman–Crippen LogP) is 2.91. The highest BCUT2D eigenvalue weighted by Gasteiger charge is 2.19. The third kappa shape index (κ3) is 3.87. The maximum atomic E-state index is 10.2. The highest BCUT2D eigenvalue weighted by molar-refractivity contribution is 6.30. The molecule has 0 amide bonds. The van der Waals surface area contributed by atoms with Crippen LogP contribution in [0, 0.1) is 0 Å². The maximum Gasteiger partial charge on any atom is 0.126 e. The van der Waals surface area contributed by atoms with Crippen LogP contribution in [0.25, 0.3) is 0 Å². The molecule has 0 aliphatic carbocycles. The van der Waals surface area contributed by atoms with Crippen molar-refractivity contribution in [3.63, 3.8) is 0 Å². The van der Waals surface area contributed by atoms with Crippen LogP contribution in [0.4, 0.5) is 0 Å². The summed E-state index contributed by atoms with van der Waals surface area (Å²) in [7, 11) is 0. The molecule has 0 spiro atoms. The van der Waals surface area contributed by atoms with E-state index >= 15 is 0 Å². The number of halogens is 1. The Morgan fingerprint density at radius 3 is 2.80 bits per heavy atom. The fraction of sp³-hybridized carbons (Fsp3) is 0.625. The molecule has 4 heteroatoms. The number of nitrogens with zero attached hydrogens (tertiary/aromatic N) is 1. The zero-order valence-corrected chi connectivity index (χ0v) is 13.1. The molecule has 0 aromatic heterocycles. The lowest BCUT2D eigenvalue weighted by Gasteiger charge is -2.20. The summed E-state index contributed by atoms with van der Waals surface area (Å²) in [5, 5.41) is 11.0. The van der Waals surface area contributed by atoms with E-state index in [4.69, 9.17) is 16.3 Å². The molecule has 0 bridgehead atoms. The van der Waals surface area contributed by atoms with E-state index in [1.807, 2.05) is 12.1 Å². The molecule has 1 heterocycles. The van der Waals surface area contributed by atoms with E-state index in [2.05, 4.69) is 18.7 Å². The second-order valence-corrected chi connectivity index (χ2v) is 5.76. The Kier molecular flexibility index (Phi) is 5.70. The molecule has 2 rings (SSSR count). The molecule has 0 saturated heterocycles. The van der Waals surface area contributed by atoms with E-state index in [0.29, 0.717) is 6.42 Å². The average Bonchev–Trinajstić information content (AvgIpc) is 2.88. The Bertz CT molecular complexity index is 446. The molecule has 0 radical (unpaired) electrons. The molecule has 1 atom stereocenters. The average molecular weight is 298 g/mol. The van der Waals surface area contributed by atoms with Crippen LogP contribution in [0.1, 0.15) is 31.4 Å². The Balaban J connectivity index is 1.96. The standard InChI is InChI=1S/C16H24ClNO2/c1-3-18(4-2)7-5-15(19)11-13-10-14(17)9-12-6-8-20-16(12)13/h9-10,15,19H,3-8,11H2,1-2H3. The highest BCUT2D eigenvalue weighted by atomic mass is 35.5. The van der Waals surface area contributed by atoms with Crippen molar-refractivity contribution < 1.29 is 9.84 Å². The molecule has 1 aliphatic heterocycles. The van der Waals surface area contributed by atoms with Gasteiger partial charge in [0.05, 0.1) is 12.7 Å². The number of aliphatic hydroxyl groups excluding tert-OH is 1. The number of hydrogen-bond acceptors (Lipinski definition) is 3. The lowest BCUT2D eigenvalue weighted by atomic mass is 10.0. The van der Waals surface area contributed by atoms with Gasteiger partial charge in [0.15, 0.2) is 0 Å². The van der Waals surface area contributed by atoms with Gasteiger partial charge in [0, 0.05) is 24.4 Å². The number of rotatable bonds is 7. The van der Waals surface area contributed by atoms with Crippen molar-refractivity contribution in [2.24, 2.45) is 0 Å². The molecule has 1 aromatic rings. The number of benzene rings is 1. The van der Waals surface area contributed by atoms with Gasteiger partial charge in [-0.1, -0.05) is 25.4 Å². The Morgan fingerprint density at radius 2 is 2.10 bits per heavy atom. The van der Waals surface area contributed by atoms with Crippen LogP contribution in [0.2, 0.25) is 5.02 Å². The zero-order chi connectivity index (χ0) is 14.5. The molecule has 3 nitrogen and oxygen atoms in total. The van der Waals surface area contributed by atoms with Crippen LogP contribution in [-0.2, 0) is 12.8 Å². The first-order valence-corrected chi connectivity index (χ1v) is 7.86. The third-order valence-electron chi connectivity index (χ3n) is 3.95. The smallest absolute Gasteiger partial charge is 0.126 e. The monoisotopic (exact) mass is 297 g/mol. The summed E-state index contributed by atoms with van der Waals surface area (Å²) in [5.41, 5.74) is 2.21. The van der Waals surface area contributed by atoms with Crippen molar-refractivity contribution in [1.82, 2.24) is 4.90 Å². The van der Waals surface area contributed by atoms with E-state index in [1.54, 1.807) is 0 Å². The maximum absolute atomic E-state index is 10.2. The molecule has 20 heavy (non-hydrogen) atoms. The van der Waals surface area contributed by atoms with Gasteiger partial charge in [-0.15, -0.1) is 0 Å². The van der Waals surface area contributed by atoms with Crippen molar-refractivity contribution in [3.8, 4) is 5.75 Å². The fourth-order valence-corrected chi connectivity index (χ4v) is 2.99. The van der Waals surface area contributed by atoms with Crippen molar-refractivity contribution in [2.75, 3.05) is 26.2 Å². The lowest BCUT2D eigenvalue weighted by Crippen LogP contribution is -2.27. The minimum atomic E-state index is -0.345. The summed E-state index contributed by atoms with van der Waals surface area (Å²) >= 11 is 6.14. The second-order valence-electron chi connectivity index (χ2n) is 5.33. The Labute approximate surface area is 126 Å². The number of aliphatic hydroxyl groups is 1. The summed E-state index contributed by atoms with van der Waals surface area (Å²) < 4.78 is 5.67. The Morgan fingerprint density at radius 1 is 1.35 bits per heavy atom. The van der Waals surface area contributed by atoms with Crippen LogP contribution in [0.5, 0.6) is 5.75 Å². The quantitative estimate of drug-likeness (QED) is 0.840. The van der Waals surface area contributed by atoms with Crippen molar-refractivity contribution >= 4 is 11.6 Å². The summed E-state index contributed by atoms with van der Waals surface area (Å²) in [5.74, 6) is 0.941. The van der Waals surface area contributed by atoms with Crippen LogP contribution in [-0.4, -0.2) is 42.4 Å². The van der Waals surface area contributed by atoms with Crippen LogP contribution < -0.4 is 4.74 Å². The van der Waals surface area contributed by atoms with E-state index in [9.17, 15) is 5.11 Å². The number of fused-ring (bicyclic) bond motifs is 1. The van der Waals surface area contributed by atoms with Gasteiger partial charge >= 0.3 is 0 Å². The molecular weight excluding hydrogens is 274 g/mol. The molecule has 1 aliphatic rings. The van der Waals surface area contributed by atoms with E-state index < -0.39 is 0 Å². The molecule has 0 saturated carbocycles. The minimum Gasteiger partial charge on any atom is -0.493 e. The van der Waals surface area contributed by atoms with Crippen molar-refractivity contribution in [1.29, 1.82) is 0 Å². The van der Waals surface area contributed by atoms with Crippen LogP contribution >= 0.6 is 11.6 Å². The second kappa shape index (κ2) is 7.30. The largest absolute Gasteiger partial charge is 0.493 e.